The van der Waals surface area contributed by atoms with Crippen molar-refractivity contribution in [3.05, 3.63) is 11.6 Å². The predicted octanol–water partition coefficient (Wildman–Crippen LogP) is 2.43. The normalized spacial score (nSPS) is 21.6. The Labute approximate surface area is 119 Å². The first-order valence-corrected chi connectivity index (χ1v) is 6.89. The molecular weight excluding hydrogens is 256 g/mol. The summed E-state index contributed by atoms with van der Waals surface area (Å²) in [4.78, 5) is 25.3. The molecule has 2 aliphatic rings. The van der Waals surface area contributed by atoms with E-state index in [4.69, 9.17) is 10.00 Å². The highest BCUT2D eigenvalue weighted by molar-refractivity contribution is 6.02. The molecule has 108 valence electrons. The second-order valence-corrected chi connectivity index (χ2v) is 6.60. The molecule has 0 N–H and O–H groups in total. The summed E-state index contributed by atoms with van der Waals surface area (Å²) in [5, 5.41) is 8.89. The lowest BCUT2D eigenvalue weighted by Gasteiger charge is -2.38. The quantitative estimate of drug-likeness (QED) is 0.681. The van der Waals surface area contributed by atoms with Crippen molar-refractivity contribution in [2.24, 2.45) is 5.41 Å². The largest absolute Gasteiger partial charge is 0.444 e. The highest BCUT2D eigenvalue weighted by Gasteiger charge is 2.42. The number of nitriles is 1. The molecule has 1 aliphatic heterocycles. The van der Waals surface area contributed by atoms with Gasteiger partial charge < -0.3 is 9.64 Å². The summed E-state index contributed by atoms with van der Waals surface area (Å²) in [6.07, 6.45) is 3.33. The maximum Gasteiger partial charge on any atom is 0.410 e. The van der Waals surface area contributed by atoms with Gasteiger partial charge in [-0.1, -0.05) is 6.08 Å². The molecule has 5 nitrogen and oxygen atoms in total. The number of carbonyl (C=O) groups is 2. The number of rotatable bonds is 0. The van der Waals surface area contributed by atoms with Gasteiger partial charge in [-0.25, -0.2) is 4.79 Å². The van der Waals surface area contributed by atoms with Gasteiger partial charge >= 0.3 is 6.09 Å². The number of ketones is 1. The Bertz CT molecular complexity index is 500. The highest BCUT2D eigenvalue weighted by Crippen LogP contribution is 2.42. The maximum absolute atomic E-state index is 12.0. The van der Waals surface area contributed by atoms with Crippen molar-refractivity contribution >= 4 is 11.9 Å². The molecular formula is C15H20N2O3. The molecule has 1 fully saturated rings. The molecule has 0 aromatic rings. The molecule has 0 unspecified atom stereocenters. The van der Waals surface area contributed by atoms with Crippen LogP contribution in [0.1, 0.15) is 40.0 Å². The van der Waals surface area contributed by atoms with E-state index in [0.29, 0.717) is 32.4 Å². The van der Waals surface area contributed by atoms with E-state index in [2.05, 4.69) is 0 Å². The smallest absolute Gasteiger partial charge is 0.410 e. The van der Waals surface area contributed by atoms with Crippen molar-refractivity contribution in [1.29, 1.82) is 5.26 Å². The summed E-state index contributed by atoms with van der Waals surface area (Å²) in [7, 11) is 0. The number of piperidine rings is 1. The lowest BCUT2D eigenvalue weighted by molar-refractivity contribution is -0.116. The molecule has 0 saturated carbocycles. The molecule has 0 radical (unpaired) electrons. The summed E-state index contributed by atoms with van der Waals surface area (Å²) in [6, 6.07) is 1.96. The van der Waals surface area contributed by atoms with Crippen LogP contribution in [0.3, 0.4) is 0 Å². The summed E-state index contributed by atoms with van der Waals surface area (Å²) in [5.41, 5.74) is -0.444. The van der Waals surface area contributed by atoms with Crippen molar-refractivity contribution in [2.75, 3.05) is 13.1 Å². The Hall–Kier alpha value is -1.83. The van der Waals surface area contributed by atoms with Crippen molar-refractivity contribution < 1.29 is 14.3 Å². The van der Waals surface area contributed by atoms with Gasteiger partial charge in [0.15, 0.2) is 5.78 Å². The van der Waals surface area contributed by atoms with Crippen LogP contribution in [0.25, 0.3) is 0 Å². The van der Waals surface area contributed by atoms with Crippen molar-refractivity contribution in [3.8, 4) is 6.07 Å². The van der Waals surface area contributed by atoms with E-state index in [1.807, 2.05) is 32.9 Å². The van der Waals surface area contributed by atoms with Crippen LogP contribution in [0.5, 0.6) is 0 Å². The van der Waals surface area contributed by atoms with Gasteiger partial charge in [-0.05, 0) is 33.6 Å². The first-order chi connectivity index (χ1) is 9.25. The zero-order valence-electron chi connectivity index (χ0n) is 12.2. The number of allylic oxidation sites excluding steroid dienone is 2. The highest BCUT2D eigenvalue weighted by atomic mass is 16.6. The van der Waals surface area contributed by atoms with Crippen LogP contribution in [-0.2, 0) is 9.53 Å². The predicted molar refractivity (Wildman–Crippen MR) is 72.8 cm³/mol. The average molecular weight is 276 g/mol. The number of hydrogen-bond acceptors (Lipinski definition) is 4. The molecule has 2 rings (SSSR count). The van der Waals surface area contributed by atoms with E-state index < -0.39 is 5.60 Å². The number of nitrogens with zero attached hydrogens (tertiary/aromatic N) is 2. The van der Waals surface area contributed by atoms with Crippen LogP contribution in [0.2, 0.25) is 0 Å². The zero-order valence-corrected chi connectivity index (χ0v) is 12.2. The molecule has 0 bridgehead atoms. The van der Waals surface area contributed by atoms with Gasteiger partial charge in [0.25, 0.3) is 0 Å². The molecule has 1 heterocycles. The van der Waals surface area contributed by atoms with Crippen LogP contribution >= 0.6 is 0 Å². The van der Waals surface area contributed by atoms with Crippen LogP contribution in [-0.4, -0.2) is 35.5 Å². The third-order valence-corrected chi connectivity index (χ3v) is 3.79. The van der Waals surface area contributed by atoms with Crippen LogP contribution in [0.4, 0.5) is 4.79 Å². The van der Waals surface area contributed by atoms with Gasteiger partial charge in [-0.2, -0.15) is 5.26 Å². The van der Waals surface area contributed by atoms with Crippen molar-refractivity contribution in [2.45, 2.75) is 45.6 Å². The zero-order chi connectivity index (χ0) is 15.0. The molecule has 1 amide bonds. The average Bonchev–Trinajstić information content (AvgIpc) is 2.64. The topological polar surface area (TPSA) is 70.4 Å². The SMILES string of the molecule is CC(C)(C)OC(=O)N1CCC2(C=C(C#N)C(=O)C2)CC1. The number of amides is 1. The summed E-state index contributed by atoms with van der Waals surface area (Å²) >= 11 is 0. The van der Waals surface area contributed by atoms with Crippen LogP contribution in [0, 0.1) is 16.7 Å². The van der Waals surface area contributed by atoms with Crippen LogP contribution < -0.4 is 0 Å². The van der Waals surface area contributed by atoms with Gasteiger partial charge in [0, 0.05) is 24.9 Å². The molecule has 20 heavy (non-hydrogen) atoms. The maximum atomic E-state index is 12.0. The number of hydrogen-bond donors (Lipinski definition) is 0. The standard InChI is InChI=1S/C15H20N2O3/c1-14(2,3)20-13(19)17-6-4-15(5-7-17)8-11(10-16)12(18)9-15/h8H,4-7,9H2,1-3H3. The molecule has 1 aliphatic carbocycles. The van der Waals surface area contributed by atoms with E-state index >= 15 is 0 Å². The third kappa shape index (κ3) is 3.01. The number of ether oxygens (including phenoxy) is 1. The van der Waals surface area contributed by atoms with Crippen molar-refractivity contribution in [3.63, 3.8) is 0 Å². The minimum Gasteiger partial charge on any atom is -0.444 e. The molecule has 0 aromatic carbocycles. The minimum absolute atomic E-state index is 0.0711. The van der Waals surface area contributed by atoms with Gasteiger partial charge in [0.1, 0.15) is 11.7 Å². The minimum atomic E-state index is -0.497. The van der Waals surface area contributed by atoms with Gasteiger partial charge in [-0.15, -0.1) is 0 Å². The lowest BCUT2D eigenvalue weighted by Crippen LogP contribution is -2.44. The first-order valence-electron chi connectivity index (χ1n) is 6.89. The van der Waals surface area contributed by atoms with Gasteiger partial charge in [-0.3, -0.25) is 4.79 Å². The molecule has 0 atom stereocenters. The monoisotopic (exact) mass is 276 g/mol. The van der Waals surface area contributed by atoms with E-state index in [-0.39, 0.29) is 22.9 Å². The lowest BCUT2D eigenvalue weighted by atomic mass is 9.78. The number of likely N-dealkylation sites (tertiary alicyclic amines) is 1. The summed E-state index contributed by atoms with van der Waals surface area (Å²) in [6.45, 7) is 6.66. The Balaban J connectivity index is 1.97. The Kier molecular flexibility index (Phi) is 3.59. The molecule has 1 spiro atoms. The van der Waals surface area contributed by atoms with E-state index in [9.17, 15) is 9.59 Å². The molecule has 1 saturated heterocycles. The fourth-order valence-corrected chi connectivity index (χ4v) is 2.73. The second-order valence-electron chi connectivity index (χ2n) is 6.60. The Morgan fingerprint density at radius 1 is 1.40 bits per heavy atom. The third-order valence-electron chi connectivity index (χ3n) is 3.79. The number of Topliss-reactive ketones (excluding diaryl/α,β-unsaturated/α-hetero) is 1. The fourth-order valence-electron chi connectivity index (χ4n) is 2.73. The summed E-state index contributed by atoms with van der Waals surface area (Å²) < 4.78 is 5.34. The second kappa shape index (κ2) is 4.93. The summed E-state index contributed by atoms with van der Waals surface area (Å²) in [5.74, 6) is -0.0711. The molecule has 0 aromatic heterocycles. The number of carbonyl (C=O) groups excluding carboxylic acids is 2. The van der Waals surface area contributed by atoms with Gasteiger partial charge in [0.2, 0.25) is 0 Å². The fraction of sp³-hybridized carbons (Fsp3) is 0.667. The van der Waals surface area contributed by atoms with Gasteiger partial charge in [0.05, 0.1) is 5.57 Å². The Morgan fingerprint density at radius 2 is 2.00 bits per heavy atom. The molecule has 5 heteroatoms. The van der Waals surface area contributed by atoms with Crippen molar-refractivity contribution in [1.82, 2.24) is 4.90 Å². The van der Waals surface area contributed by atoms with E-state index in [1.165, 1.54) is 0 Å². The van der Waals surface area contributed by atoms with E-state index in [0.717, 1.165) is 0 Å². The van der Waals surface area contributed by atoms with E-state index in [1.54, 1.807) is 4.90 Å². The Morgan fingerprint density at radius 3 is 2.45 bits per heavy atom. The van der Waals surface area contributed by atoms with Crippen LogP contribution in [0.15, 0.2) is 11.6 Å². The first kappa shape index (κ1) is 14.6.